The van der Waals surface area contributed by atoms with Crippen LogP contribution in [0.3, 0.4) is 0 Å². The van der Waals surface area contributed by atoms with Crippen molar-refractivity contribution in [1.82, 2.24) is 9.55 Å². The highest BCUT2D eigenvalue weighted by atomic mass is 19.1. The van der Waals surface area contributed by atoms with E-state index in [1.807, 2.05) is 0 Å². The lowest BCUT2D eigenvalue weighted by molar-refractivity contribution is -0.118. The van der Waals surface area contributed by atoms with Gasteiger partial charge in [-0.2, -0.15) is 0 Å². The molecular weight excluding hydrogens is 397 g/mol. The average Bonchev–Trinajstić information content (AvgIpc) is 2.79. The fourth-order valence-electron chi connectivity index (χ4n) is 3.16. The Kier molecular flexibility index (Phi) is 5.75. The molecule has 0 radical (unpaired) electrons. The highest BCUT2D eigenvalue weighted by Gasteiger charge is 2.17. The van der Waals surface area contributed by atoms with Gasteiger partial charge in [-0.05, 0) is 61.0 Å². The number of carbonyl (C=O) groups excluding carboxylic acids is 1. The summed E-state index contributed by atoms with van der Waals surface area (Å²) >= 11 is 0. The molecule has 0 spiro atoms. The molecule has 156 valence electrons. The highest BCUT2D eigenvalue weighted by molar-refractivity contribution is 5.93. The summed E-state index contributed by atoms with van der Waals surface area (Å²) in [7, 11) is 0. The number of ether oxygens (including phenoxy) is 1. The summed E-state index contributed by atoms with van der Waals surface area (Å²) in [5.41, 5.74) is 1.61. The van der Waals surface area contributed by atoms with Crippen molar-refractivity contribution in [2.75, 3.05) is 5.32 Å². The van der Waals surface area contributed by atoms with Gasteiger partial charge in [0.2, 0.25) is 5.91 Å². The monoisotopic (exact) mass is 417 g/mol. The number of fused-ring (bicyclic) bond motifs is 1. The van der Waals surface area contributed by atoms with E-state index in [9.17, 15) is 14.0 Å². The Labute approximate surface area is 177 Å². The largest absolute Gasteiger partial charge is 0.489 e. The van der Waals surface area contributed by atoms with Crippen LogP contribution in [0.1, 0.15) is 18.5 Å². The number of amides is 1. The zero-order valence-electron chi connectivity index (χ0n) is 16.8. The molecule has 1 atom stereocenters. The van der Waals surface area contributed by atoms with Crippen molar-refractivity contribution in [3.8, 4) is 5.75 Å². The summed E-state index contributed by atoms with van der Waals surface area (Å²) < 4.78 is 20.2. The van der Waals surface area contributed by atoms with Crippen LogP contribution in [0.2, 0.25) is 0 Å². The third-order valence-corrected chi connectivity index (χ3v) is 4.90. The van der Waals surface area contributed by atoms with Crippen molar-refractivity contribution in [2.45, 2.75) is 19.6 Å². The third kappa shape index (κ3) is 4.61. The van der Waals surface area contributed by atoms with E-state index in [1.54, 1.807) is 67.6 Å². The predicted molar refractivity (Wildman–Crippen MR) is 117 cm³/mol. The molecule has 31 heavy (non-hydrogen) atoms. The molecular formula is C24H20FN3O3. The van der Waals surface area contributed by atoms with Crippen LogP contribution in [0.4, 0.5) is 10.1 Å². The molecule has 0 fully saturated rings. The van der Waals surface area contributed by atoms with E-state index in [0.29, 0.717) is 22.3 Å². The van der Waals surface area contributed by atoms with Crippen LogP contribution in [0, 0.1) is 5.82 Å². The Bertz CT molecular complexity index is 1290. The molecule has 0 aliphatic rings. The summed E-state index contributed by atoms with van der Waals surface area (Å²) in [6, 6.07) is 19.3. The smallest absolute Gasteiger partial charge is 0.261 e. The summed E-state index contributed by atoms with van der Waals surface area (Å²) in [5.74, 6) is -0.0631. The molecule has 0 aliphatic heterocycles. The minimum absolute atomic E-state index is 0.235. The first-order chi connectivity index (χ1) is 15.0. The number of carbonyl (C=O) groups is 1. The summed E-state index contributed by atoms with van der Waals surface area (Å²) in [6.45, 7) is 1.88. The number of nitrogens with zero attached hydrogens (tertiary/aromatic N) is 2. The van der Waals surface area contributed by atoms with Gasteiger partial charge >= 0.3 is 0 Å². The molecule has 4 rings (SSSR count). The van der Waals surface area contributed by atoms with Crippen molar-refractivity contribution >= 4 is 22.5 Å². The third-order valence-electron chi connectivity index (χ3n) is 4.90. The Morgan fingerprint density at radius 3 is 2.65 bits per heavy atom. The van der Waals surface area contributed by atoms with Gasteiger partial charge in [0.25, 0.3) is 5.56 Å². The number of benzene rings is 3. The molecule has 1 unspecified atom stereocenters. The van der Waals surface area contributed by atoms with Gasteiger partial charge in [-0.1, -0.05) is 24.3 Å². The van der Waals surface area contributed by atoms with Gasteiger partial charge in [0, 0.05) is 5.69 Å². The second kappa shape index (κ2) is 8.79. The Morgan fingerprint density at radius 2 is 1.87 bits per heavy atom. The number of rotatable bonds is 6. The Hall–Kier alpha value is -4.00. The maximum absolute atomic E-state index is 13.2. The summed E-state index contributed by atoms with van der Waals surface area (Å²) in [4.78, 5) is 29.6. The predicted octanol–water partition coefficient (Wildman–Crippen LogP) is 4.31. The molecule has 6 nitrogen and oxygen atoms in total. The number of halogens is 1. The van der Waals surface area contributed by atoms with Crippen molar-refractivity contribution < 1.29 is 13.9 Å². The molecule has 0 aliphatic carbocycles. The Balaban J connectivity index is 1.41. The molecule has 4 aromatic rings. The van der Waals surface area contributed by atoms with Crippen LogP contribution in [0.25, 0.3) is 10.9 Å². The second-order valence-electron chi connectivity index (χ2n) is 7.08. The average molecular weight is 417 g/mol. The number of hydrogen-bond donors (Lipinski definition) is 1. The van der Waals surface area contributed by atoms with Crippen molar-refractivity contribution in [1.29, 1.82) is 0 Å². The first-order valence-electron chi connectivity index (χ1n) is 9.75. The fraction of sp³-hybridized carbons (Fsp3) is 0.125. The van der Waals surface area contributed by atoms with Gasteiger partial charge in [-0.3, -0.25) is 14.2 Å². The molecule has 0 saturated carbocycles. The van der Waals surface area contributed by atoms with E-state index >= 15 is 0 Å². The number of para-hydroxylation sites is 1. The highest BCUT2D eigenvalue weighted by Crippen LogP contribution is 2.19. The minimum atomic E-state index is -0.742. The number of anilines is 1. The number of nitrogens with one attached hydrogen (secondary N) is 1. The van der Waals surface area contributed by atoms with E-state index < -0.39 is 6.04 Å². The molecule has 3 aromatic carbocycles. The second-order valence-corrected chi connectivity index (χ2v) is 7.08. The van der Waals surface area contributed by atoms with E-state index in [0.717, 1.165) is 5.56 Å². The van der Waals surface area contributed by atoms with Crippen LogP contribution in [-0.2, 0) is 11.4 Å². The normalized spacial score (nSPS) is 11.8. The minimum Gasteiger partial charge on any atom is -0.489 e. The maximum Gasteiger partial charge on any atom is 0.261 e. The van der Waals surface area contributed by atoms with Gasteiger partial charge in [0.05, 0.1) is 17.2 Å². The van der Waals surface area contributed by atoms with Crippen molar-refractivity contribution in [2.24, 2.45) is 0 Å². The first kappa shape index (κ1) is 20.3. The molecule has 1 aromatic heterocycles. The van der Waals surface area contributed by atoms with Gasteiger partial charge in [0.1, 0.15) is 24.2 Å². The van der Waals surface area contributed by atoms with Crippen molar-refractivity contribution in [3.63, 3.8) is 0 Å². The number of hydrogen-bond acceptors (Lipinski definition) is 4. The van der Waals surface area contributed by atoms with Crippen LogP contribution in [-0.4, -0.2) is 15.5 Å². The van der Waals surface area contributed by atoms with E-state index in [1.165, 1.54) is 23.0 Å². The van der Waals surface area contributed by atoms with Crippen LogP contribution < -0.4 is 15.6 Å². The SMILES string of the molecule is CC(C(=O)Nc1ccc(OCc2cccc(F)c2)cc1)n1cnc2ccccc2c1=O. The van der Waals surface area contributed by atoms with Crippen LogP contribution >= 0.6 is 0 Å². The fourth-order valence-corrected chi connectivity index (χ4v) is 3.16. The van der Waals surface area contributed by atoms with E-state index in [4.69, 9.17) is 4.74 Å². The molecule has 1 N–H and O–H groups in total. The van der Waals surface area contributed by atoms with Gasteiger partial charge < -0.3 is 10.1 Å². The summed E-state index contributed by atoms with van der Waals surface area (Å²) in [5, 5.41) is 3.25. The lowest BCUT2D eigenvalue weighted by Gasteiger charge is -2.15. The van der Waals surface area contributed by atoms with Gasteiger partial charge in [-0.25, -0.2) is 9.37 Å². The summed E-state index contributed by atoms with van der Waals surface area (Å²) in [6.07, 6.45) is 1.39. The van der Waals surface area contributed by atoms with Crippen LogP contribution in [0.5, 0.6) is 5.75 Å². The zero-order chi connectivity index (χ0) is 21.8. The van der Waals surface area contributed by atoms with E-state index in [2.05, 4.69) is 10.3 Å². The maximum atomic E-state index is 13.2. The molecule has 1 amide bonds. The molecule has 7 heteroatoms. The van der Waals surface area contributed by atoms with E-state index in [-0.39, 0.29) is 23.9 Å². The lowest BCUT2D eigenvalue weighted by Crippen LogP contribution is -2.31. The van der Waals surface area contributed by atoms with Gasteiger partial charge in [0.15, 0.2) is 0 Å². The van der Waals surface area contributed by atoms with Gasteiger partial charge in [-0.15, -0.1) is 0 Å². The van der Waals surface area contributed by atoms with Crippen molar-refractivity contribution in [3.05, 3.63) is 101 Å². The zero-order valence-corrected chi connectivity index (χ0v) is 16.8. The number of aromatic nitrogens is 2. The topological polar surface area (TPSA) is 73.2 Å². The van der Waals surface area contributed by atoms with Crippen LogP contribution in [0.15, 0.2) is 83.9 Å². The lowest BCUT2D eigenvalue weighted by atomic mass is 10.2. The standard InChI is InChI=1S/C24H20FN3O3/c1-16(28-15-26-22-8-3-2-7-21(22)24(28)30)23(29)27-19-9-11-20(12-10-19)31-14-17-5-4-6-18(25)13-17/h2-13,15-16H,14H2,1H3,(H,27,29). The first-order valence-corrected chi connectivity index (χ1v) is 9.75. The molecule has 0 saturated heterocycles. The Morgan fingerprint density at radius 1 is 1.10 bits per heavy atom. The quantitative estimate of drug-likeness (QED) is 0.507. The molecule has 0 bridgehead atoms. The molecule has 1 heterocycles.